The Kier molecular flexibility index (Phi) is 5.91. The maximum Gasteiger partial charge on any atom is 0.150 e. The summed E-state index contributed by atoms with van der Waals surface area (Å²) in [5.41, 5.74) is 3.00. The van der Waals surface area contributed by atoms with Gasteiger partial charge in [0.1, 0.15) is 11.6 Å². The molecule has 1 fully saturated rings. The molecule has 1 saturated heterocycles. The molecule has 30 heavy (non-hydrogen) atoms. The lowest BCUT2D eigenvalue weighted by molar-refractivity contribution is 0.249. The van der Waals surface area contributed by atoms with Crippen LogP contribution in [0.3, 0.4) is 0 Å². The Morgan fingerprint density at radius 2 is 1.93 bits per heavy atom. The van der Waals surface area contributed by atoms with Gasteiger partial charge in [0, 0.05) is 31.6 Å². The molecule has 0 spiro atoms. The average molecular weight is 422 g/mol. The lowest BCUT2D eigenvalue weighted by atomic mass is 9.80. The molecule has 1 aliphatic heterocycles. The van der Waals surface area contributed by atoms with E-state index in [0.717, 1.165) is 31.9 Å². The highest BCUT2D eigenvalue weighted by Crippen LogP contribution is 2.39. The minimum absolute atomic E-state index is 0.700. The van der Waals surface area contributed by atoms with Crippen molar-refractivity contribution in [2.45, 2.75) is 38.0 Å². The molecule has 0 radical (unpaired) electrons. The quantitative estimate of drug-likeness (QED) is 0.538. The lowest BCUT2D eigenvalue weighted by Gasteiger charge is -2.35. The van der Waals surface area contributed by atoms with Gasteiger partial charge in [0.15, 0.2) is 0 Å². The molecule has 2 heterocycles. The summed E-state index contributed by atoms with van der Waals surface area (Å²) < 4.78 is 11.6. The van der Waals surface area contributed by atoms with Crippen molar-refractivity contribution in [2.24, 2.45) is 0 Å². The van der Waals surface area contributed by atoms with Crippen LogP contribution in [-0.4, -0.2) is 49.1 Å². The summed E-state index contributed by atoms with van der Waals surface area (Å²) in [6.07, 6.45) is 6.35. The lowest BCUT2D eigenvalue weighted by Crippen LogP contribution is -2.46. The van der Waals surface area contributed by atoms with Crippen LogP contribution in [0.1, 0.15) is 42.7 Å². The first-order chi connectivity index (χ1) is 14.8. The van der Waals surface area contributed by atoms with Crippen LogP contribution in [0.15, 0.2) is 42.5 Å². The topological polar surface area (TPSA) is 28.6 Å². The van der Waals surface area contributed by atoms with Crippen molar-refractivity contribution in [3.8, 4) is 5.75 Å². The van der Waals surface area contributed by atoms with Crippen molar-refractivity contribution < 1.29 is 4.74 Å². The van der Waals surface area contributed by atoms with Gasteiger partial charge in [-0.15, -0.1) is 0 Å². The van der Waals surface area contributed by atoms with Gasteiger partial charge in [-0.3, -0.25) is 4.90 Å². The third-order valence-corrected chi connectivity index (χ3v) is 7.68. The first-order valence-corrected chi connectivity index (χ1v) is 12.1. The van der Waals surface area contributed by atoms with Gasteiger partial charge in [0.05, 0.1) is 11.8 Å². The first-order valence-electron chi connectivity index (χ1n) is 11.3. The number of hydrogen-bond donors (Lipinski definition) is 0. The average Bonchev–Trinajstić information content (AvgIpc) is 3.23. The number of anilines is 1. The number of benzene rings is 2. The number of aromatic nitrogens is 1. The van der Waals surface area contributed by atoms with Crippen molar-refractivity contribution in [2.75, 3.05) is 44.7 Å². The fraction of sp³-hybridized carbons (Fsp3) is 0.480. The van der Waals surface area contributed by atoms with E-state index in [1.54, 1.807) is 24.2 Å². The van der Waals surface area contributed by atoms with Crippen molar-refractivity contribution in [3.63, 3.8) is 0 Å². The fourth-order valence-electron chi connectivity index (χ4n) is 5.25. The minimum Gasteiger partial charge on any atom is -0.496 e. The summed E-state index contributed by atoms with van der Waals surface area (Å²) in [6, 6.07) is 15.2. The summed E-state index contributed by atoms with van der Waals surface area (Å²) >= 11 is 1.62. The molecule has 158 valence electrons. The molecular weight excluding hydrogens is 390 g/mol. The Balaban J connectivity index is 1.14. The largest absolute Gasteiger partial charge is 0.496 e. The zero-order chi connectivity index (χ0) is 20.3. The summed E-state index contributed by atoms with van der Waals surface area (Å²) in [4.78, 5) is 5.11. The van der Waals surface area contributed by atoms with Gasteiger partial charge in [-0.2, -0.15) is 4.37 Å². The second-order valence-electron chi connectivity index (χ2n) is 8.59. The van der Waals surface area contributed by atoms with E-state index in [2.05, 4.69) is 52.3 Å². The third kappa shape index (κ3) is 3.93. The molecule has 5 rings (SSSR count). The monoisotopic (exact) mass is 421 g/mol. The molecule has 2 aromatic carbocycles. The Morgan fingerprint density at radius 1 is 1.07 bits per heavy atom. The highest BCUT2D eigenvalue weighted by molar-refractivity contribution is 7.13. The van der Waals surface area contributed by atoms with E-state index in [9.17, 15) is 0 Å². The highest BCUT2D eigenvalue weighted by atomic mass is 32.1. The number of piperazine rings is 1. The van der Waals surface area contributed by atoms with Crippen LogP contribution in [0.2, 0.25) is 0 Å². The molecule has 5 heteroatoms. The normalized spacial score (nSPS) is 19.8. The van der Waals surface area contributed by atoms with E-state index >= 15 is 0 Å². The number of methoxy groups -OCH3 is 1. The van der Waals surface area contributed by atoms with E-state index < -0.39 is 0 Å². The maximum absolute atomic E-state index is 5.61. The minimum atomic E-state index is 0.700. The van der Waals surface area contributed by atoms with E-state index in [1.807, 2.05) is 0 Å². The number of hydrogen-bond acceptors (Lipinski definition) is 5. The smallest absolute Gasteiger partial charge is 0.150 e. The SMILES string of the molecule is COc1cccc2c1CCCC2CCCN1CCN(c2nsc3ccccc23)CC1. The Hall–Kier alpha value is -2.11. The van der Waals surface area contributed by atoms with E-state index in [-0.39, 0.29) is 0 Å². The molecule has 2 aliphatic rings. The molecule has 1 aliphatic carbocycles. The molecule has 3 aromatic rings. The predicted molar refractivity (Wildman–Crippen MR) is 126 cm³/mol. The maximum atomic E-state index is 5.61. The molecule has 0 bridgehead atoms. The molecule has 4 nitrogen and oxygen atoms in total. The van der Waals surface area contributed by atoms with E-state index in [0.29, 0.717) is 5.92 Å². The van der Waals surface area contributed by atoms with Gasteiger partial charge in [0.25, 0.3) is 0 Å². The molecule has 1 atom stereocenters. The van der Waals surface area contributed by atoms with Gasteiger partial charge in [-0.05, 0) is 85.4 Å². The van der Waals surface area contributed by atoms with Crippen molar-refractivity contribution in [1.29, 1.82) is 0 Å². The van der Waals surface area contributed by atoms with Crippen LogP contribution < -0.4 is 9.64 Å². The van der Waals surface area contributed by atoms with Crippen LogP contribution >= 0.6 is 11.5 Å². The van der Waals surface area contributed by atoms with Crippen LogP contribution in [-0.2, 0) is 6.42 Å². The number of nitrogens with zero attached hydrogens (tertiary/aromatic N) is 3. The molecule has 0 N–H and O–H groups in total. The van der Waals surface area contributed by atoms with Crippen LogP contribution in [0.25, 0.3) is 10.1 Å². The third-order valence-electron chi connectivity index (χ3n) is 6.87. The van der Waals surface area contributed by atoms with Gasteiger partial charge in [-0.1, -0.05) is 24.3 Å². The van der Waals surface area contributed by atoms with Gasteiger partial charge < -0.3 is 9.64 Å². The van der Waals surface area contributed by atoms with Crippen LogP contribution in [0.5, 0.6) is 5.75 Å². The van der Waals surface area contributed by atoms with Gasteiger partial charge in [-0.25, -0.2) is 0 Å². The van der Waals surface area contributed by atoms with E-state index in [4.69, 9.17) is 9.11 Å². The first kappa shape index (κ1) is 19.8. The summed E-state index contributed by atoms with van der Waals surface area (Å²) in [5, 5.41) is 1.31. The molecular formula is C25H31N3OS. The van der Waals surface area contributed by atoms with Crippen molar-refractivity contribution >= 4 is 27.4 Å². The van der Waals surface area contributed by atoms with Gasteiger partial charge in [0.2, 0.25) is 0 Å². The Bertz CT molecular complexity index is 993. The standard InChI is InChI=1S/C25H31N3OS/c1-29-23-12-5-10-20-19(7-4-11-21(20)23)8-6-14-27-15-17-28(18-16-27)25-22-9-2-3-13-24(22)30-26-25/h2-3,5,9-10,12-13,19H,4,6-8,11,14-18H2,1H3. The molecule has 1 aromatic heterocycles. The van der Waals surface area contributed by atoms with E-state index in [1.165, 1.54) is 60.1 Å². The second-order valence-corrected chi connectivity index (χ2v) is 9.40. The summed E-state index contributed by atoms with van der Waals surface area (Å²) in [6.45, 7) is 5.65. The second kappa shape index (κ2) is 8.94. The number of ether oxygens (including phenoxy) is 1. The van der Waals surface area contributed by atoms with Crippen molar-refractivity contribution in [1.82, 2.24) is 9.27 Å². The summed E-state index contributed by atoms with van der Waals surface area (Å²) in [5.74, 6) is 2.97. The zero-order valence-corrected chi connectivity index (χ0v) is 18.7. The Morgan fingerprint density at radius 3 is 2.80 bits per heavy atom. The fourth-order valence-corrected chi connectivity index (χ4v) is 6.05. The molecule has 0 saturated carbocycles. The van der Waals surface area contributed by atoms with Crippen LogP contribution in [0, 0.1) is 0 Å². The molecule has 0 amide bonds. The predicted octanol–water partition coefficient (Wildman–Crippen LogP) is 5.33. The number of rotatable bonds is 6. The van der Waals surface area contributed by atoms with Gasteiger partial charge >= 0.3 is 0 Å². The number of fused-ring (bicyclic) bond motifs is 2. The Labute approximate surface area is 183 Å². The summed E-state index contributed by atoms with van der Waals surface area (Å²) in [7, 11) is 1.80. The molecule has 1 unspecified atom stereocenters. The zero-order valence-electron chi connectivity index (χ0n) is 17.8. The van der Waals surface area contributed by atoms with Crippen molar-refractivity contribution in [3.05, 3.63) is 53.6 Å². The van der Waals surface area contributed by atoms with Crippen LogP contribution in [0.4, 0.5) is 5.82 Å². The highest BCUT2D eigenvalue weighted by Gasteiger charge is 2.24.